The van der Waals surface area contributed by atoms with Crippen molar-refractivity contribution in [2.75, 3.05) is 34.0 Å². The summed E-state index contributed by atoms with van der Waals surface area (Å²) in [6.45, 7) is 4.19. The summed E-state index contributed by atoms with van der Waals surface area (Å²) in [7, 11) is 3.34. The topological polar surface area (TPSA) is 27.7 Å². The van der Waals surface area contributed by atoms with Gasteiger partial charge in [-0.05, 0) is 6.42 Å². The van der Waals surface area contributed by atoms with Gasteiger partial charge in [-0.1, -0.05) is 13.3 Å². The van der Waals surface area contributed by atoms with Gasteiger partial charge in [-0.3, -0.25) is 0 Å². The van der Waals surface area contributed by atoms with Crippen LogP contribution in [0.3, 0.4) is 0 Å². The fraction of sp³-hybridized carbons (Fsp3) is 1.00. The minimum Gasteiger partial charge on any atom is -0.382 e. The monoisotopic (exact) mass is 176 g/mol. The number of ether oxygens (including phenoxy) is 3. The van der Waals surface area contributed by atoms with E-state index in [0.717, 1.165) is 13.0 Å². The second kappa shape index (κ2) is 8.97. The van der Waals surface area contributed by atoms with Crippen LogP contribution in [0.25, 0.3) is 0 Å². The Bertz CT molecular complexity index is 85.8. The SMILES string of the molecule is CCCCOCC(COC)OC. The number of hydrogen-bond acceptors (Lipinski definition) is 3. The van der Waals surface area contributed by atoms with Crippen LogP contribution in [0.1, 0.15) is 19.8 Å². The zero-order chi connectivity index (χ0) is 9.23. The van der Waals surface area contributed by atoms with E-state index in [4.69, 9.17) is 14.2 Å². The molecule has 0 aromatic rings. The standard InChI is InChI=1S/C9H20O3/c1-4-5-6-12-8-9(11-3)7-10-2/h9H,4-8H2,1-3H3. The molecule has 0 bridgehead atoms. The Morgan fingerprint density at radius 2 is 1.92 bits per heavy atom. The maximum atomic E-state index is 5.37. The molecule has 1 unspecified atom stereocenters. The third-order valence-corrected chi connectivity index (χ3v) is 1.63. The van der Waals surface area contributed by atoms with Crippen molar-refractivity contribution in [1.29, 1.82) is 0 Å². The van der Waals surface area contributed by atoms with E-state index < -0.39 is 0 Å². The molecule has 1 atom stereocenters. The fourth-order valence-corrected chi connectivity index (χ4v) is 0.831. The van der Waals surface area contributed by atoms with Gasteiger partial charge < -0.3 is 14.2 Å². The first-order valence-corrected chi connectivity index (χ1v) is 4.44. The van der Waals surface area contributed by atoms with E-state index in [9.17, 15) is 0 Å². The minimum atomic E-state index is 0.0758. The Labute approximate surface area is 75.0 Å². The smallest absolute Gasteiger partial charge is 0.104 e. The fourth-order valence-electron chi connectivity index (χ4n) is 0.831. The number of hydrogen-bond donors (Lipinski definition) is 0. The van der Waals surface area contributed by atoms with E-state index in [1.807, 2.05) is 0 Å². The molecule has 0 fully saturated rings. The summed E-state index contributed by atoms with van der Waals surface area (Å²) in [5.74, 6) is 0. The first kappa shape index (κ1) is 11.9. The van der Waals surface area contributed by atoms with Gasteiger partial charge in [0.2, 0.25) is 0 Å². The zero-order valence-electron chi connectivity index (χ0n) is 8.34. The van der Waals surface area contributed by atoms with Crippen molar-refractivity contribution in [3.63, 3.8) is 0 Å². The van der Waals surface area contributed by atoms with Gasteiger partial charge in [0.05, 0.1) is 13.2 Å². The molecule has 0 N–H and O–H groups in total. The molecule has 0 aromatic heterocycles. The van der Waals surface area contributed by atoms with Gasteiger partial charge in [-0.2, -0.15) is 0 Å². The molecule has 0 aliphatic carbocycles. The van der Waals surface area contributed by atoms with Crippen LogP contribution in [0.4, 0.5) is 0 Å². The second-order valence-corrected chi connectivity index (χ2v) is 2.74. The van der Waals surface area contributed by atoms with Crippen molar-refractivity contribution in [3.05, 3.63) is 0 Å². The predicted octanol–water partition coefficient (Wildman–Crippen LogP) is 1.46. The highest BCUT2D eigenvalue weighted by Gasteiger charge is 2.05. The maximum absolute atomic E-state index is 5.37. The molecule has 0 aromatic carbocycles. The van der Waals surface area contributed by atoms with Crippen LogP contribution in [-0.4, -0.2) is 40.1 Å². The Morgan fingerprint density at radius 1 is 1.17 bits per heavy atom. The first-order chi connectivity index (χ1) is 5.85. The largest absolute Gasteiger partial charge is 0.382 e. The Morgan fingerprint density at radius 3 is 2.42 bits per heavy atom. The quantitative estimate of drug-likeness (QED) is 0.524. The molecule has 3 heteroatoms. The molecule has 0 spiro atoms. The number of rotatable bonds is 8. The highest BCUT2D eigenvalue weighted by Crippen LogP contribution is 1.94. The summed E-state index contributed by atoms with van der Waals surface area (Å²) >= 11 is 0. The van der Waals surface area contributed by atoms with Crippen molar-refractivity contribution in [2.24, 2.45) is 0 Å². The number of methoxy groups -OCH3 is 2. The molecule has 12 heavy (non-hydrogen) atoms. The molecule has 74 valence electrons. The van der Waals surface area contributed by atoms with Crippen molar-refractivity contribution in [1.82, 2.24) is 0 Å². The normalized spacial score (nSPS) is 13.2. The van der Waals surface area contributed by atoms with Crippen molar-refractivity contribution in [3.8, 4) is 0 Å². The zero-order valence-corrected chi connectivity index (χ0v) is 8.34. The molecule has 0 radical (unpaired) electrons. The second-order valence-electron chi connectivity index (χ2n) is 2.74. The van der Waals surface area contributed by atoms with Crippen LogP contribution >= 0.6 is 0 Å². The van der Waals surface area contributed by atoms with Gasteiger partial charge in [-0.15, -0.1) is 0 Å². The average Bonchev–Trinajstić information content (AvgIpc) is 2.10. The summed E-state index contributed by atoms with van der Waals surface area (Å²) in [6, 6.07) is 0. The Hall–Kier alpha value is -0.120. The molecule has 0 heterocycles. The summed E-state index contributed by atoms with van der Waals surface area (Å²) in [4.78, 5) is 0. The highest BCUT2D eigenvalue weighted by atomic mass is 16.5. The molecular formula is C9H20O3. The van der Waals surface area contributed by atoms with Crippen molar-refractivity contribution >= 4 is 0 Å². The minimum absolute atomic E-state index is 0.0758. The molecule has 0 amide bonds. The molecule has 0 aliphatic rings. The van der Waals surface area contributed by atoms with Gasteiger partial charge in [0.25, 0.3) is 0 Å². The molecule has 3 nitrogen and oxygen atoms in total. The number of unbranched alkanes of at least 4 members (excludes halogenated alkanes) is 1. The molecular weight excluding hydrogens is 156 g/mol. The summed E-state index contributed by atoms with van der Waals surface area (Å²) in [5.41, 5.74) is 0. The predicted molar refractivity (Wildman–Crippen MR) is 48.4 cm³/mol. The summed E-state index contributed by atoms with van der Waals surface area (Å²) in [5, 5.41) is 0. The molecule has 0 saturated heterocycles. The average molecular weight is 176 g/mol. The Kier molecular flexibility index (Phi) is 8.88. The molecule has 0 saturated carbocycles. The lowest BCUT2D eigenvalue weighted by molar-refractivity contribution is -0.0306. The molecule has 0 aliphatic heterocycles. The van der Waals surface area contributed by atoms with E-state index in [1.54, 1.807) is 14.2 Å². The van der Waals surface area contributed by atoms with Crippen LogP contribution in [0.15, 0.2) is 0 Å². The Balaban J connectivity index is 3.19. The van der Waals surface area contributed by atoms with Crippen LogP contribution < -0.4 is 0 Å². The third-order valence-electron chi connectivity index (χ3n) is 1.63. The lowest BCUT2D eigenvalue weighted by Crippen LogP contribution is -2.23. The van der Waals surface area contributed by atoms with Gasteiger partial charge in [0.15, 0.2) is 0 Å². The lowest BCUT2D eigenvalue weighted by atomic mass is 10.3. The summed E-state index contributed by atoms with van der Waals surface area (Å²) in [6.07, 6.45) is 2.36. The van der Waals surface area contributed by atoms with E-state index in [1.165, 1.54) is 6.42 Å². The lowest BCUT2D eigenvalue weighted by Gasteiger charge is -2.13. The van der Waals surface area contributed by atoms with Crippen LogP contribution in [-0.2, 0) is 14.2 Å². The van der Waals surface area contributed by atoms with E-state index >= 15 is 0 Å². The van der Waals surface area contributed by atoms with Gasteiger partial charge in [0, 0.05) is 20.8 Å². The first-order valence-electron chi connectivity index (χ1n) is 4.44. The van der Waals surface area contributed by atoms with Gasteiger partial charge in [0.1, 0.15) is 6.10 Å². The van der Waals surface area contributed by atoms with Crippen molar-refractivity contribution in [2.45, 2.75) is 25.9 Å². The van der Waals surface area contributed by atoms with E-state index in [0.29, 0.717) is 13.2 Å². The van der Waals surface area contributed by atoms with Gasteiger partial charge in [-0.25, -0.2) is 0 Å². The van der Waals surface area contributed by atoms with Crippen molar-refractivity contribution < 1.29 is 14.2 Å². The molecule has 0 rings (SSSR count). The van der Waals surface area contributed by atoms with Crippen LogP contribution in [0, 0.1) is 0 Å². The maximum Gasteiger partial charge on any atom is 0.104 e. The van der Waals surface area contributed by atoms with E-state index in [-0.39, 0.29) is 6.10 Å². The van der Waals surface area contributed by atoms with E-state index in [2.05, 4.69) is 6.92 Å². The van der Waals surface area contributed by atoms with Crippen LogP contribution in [0.5, 0.6) is 0 Å². The van der Waals surface area contributed by atoms with Crippen LogP contribution in [0.2, 0.25) is 0 Å². The summed E-state index contributed by atoms with van der Waals surface area (Å²) < 4.78 is 15.4. The van der Waals surface area contributed by atoms with Gasteiger partial charge >= 0.3 is 0 Å². The third kappa shape index (κ3) is 6.58. The highest BCUT2D eigenvalue weighted by molar-refractivity contribution is 4.52.